The van der Waals surface area contributed by atoms with Gasteiger partial charge in [0.25, 0.3) is 5.56 Å². The molecule has 2 atom stereocenters. The second-order valence-electron chi connectivity index (χ2n) is 6.62. The number of likely N-dealkylation sites (tertiary alicyclic amines) is 1. The molecule has 2 aromatic rings. The lowest BCUT2D eigenvalue weighted by Crippen LogP contribution is -2.50. The van der Waals surface area contributed by atoms with Crippen molar-refractivity contribution in [3.8, 4) is 0 Å². The fraction of sp³-hybridized carbons (Fsp3) is 0.529. The second kappa shape index (κ2) is 6.44. The molecular formula is C17H21N5O3. The van der Waals surface area contributed by atoms with Gasteiger partial charge >= 0.3 is 0 Å². The Bertz CT molecular complexity index is 843. The predicted molar refractivity (Wildman–Crippen MR) is 88.9 cm³/mol. The summed E-state index contributed by atoms with van der Waals surface area (Å²) in [5.41, 5.74) is 1.74. The van der Waals surface area contributed by atoms with Crippen molar-refractivity contribution in [2.75, 3.05) is 13.1 Å². The summed E-state index contributed by atoms with van der Waals surface area (Å²) in [6.07, 6.45) is 2.90. The molecule has 4 rings (SSSR count). The first-order valence-corrected chi connectivity index (χ1v) is 8.58. The summed E-state index contributed by atoms with van der Waals surface area (Å²) in [5, 5.41) is 8.11. The van der Waals surface area contributed by atoms with Crippen molar-refractivity contribution in [3.63, 3.8) is 0 Å². The Balaban J connectivity index is 1.43. The van der Waals surface area contributed by atoms with Crippen molar-refractivity contribution in [2.45, 2.75) is 45.1 Å². The summed E-state index contributed by atoms with van der Waals surface area (Å²) in [4.78, 5) is 26.4. The van der Waals surface area contributed by atoms with Gasteiger partial charge in [0.05, 0.1) is 30.6 Å². The Morgan fingerprint density at radius 3 is 3.12 bits per heavy atom. The monoisotopic (exact) mass is 343 g/mol. The van der Waals surface area contributed by atoms with Gasteiger partial charge in [0.2, 0.25) is 5.91 Å². The Morgan fingerprint density at radius 1 is 1.40 bits per heavy atom. The lowest BCUT2D eigenvalue weighted by molar-refractivity contribution is -0.138. The van der Waals surface area contributed by atoms with E-state index >= 15 is 0 Å². The van der Waals surface area contributed by atoms with E-state index in [1.807, 2.05) is 22.6 Å². The molecule has 8 heteroatoms. The highest BCUT2D eigenvalue weighted by molar-refractivity contribution is 5.76. The maximum Gasteiger partial charge on any atom is 0.250 e. The van der Waals surface area contributed by atoms with Crippen LogP contribution in [0.5, 0.6) is 0 Å². The number of aryl methyl sites for hydroxylation is 1. The molecular weight excluding hydrogens is 322 g/mol. The first kappa shape index (κ1) is 16.0. The van der Waals surface area contributed by atoms with Crippen LogP contribution in [0, 0.1) is 6.92 Å². The van der Waals surface area contributed by atoms with E-state index in [1.165, 1.54) is 6.07 Å². The molecule has 0 unspecified atom stereocenters. The average Bonchev–Trinajstić information content (AvgIpc) is 3.10. The highest BCUT2D eigenvalue weighted by Crippen LogP contribution is 2.30. The SMILES string of the molecule is Cc1cccc(=O)n1CCC(=O)N1CC[C@@H]2OCc3cnnn3[C@@H]2C1. The van der Waals surface area contributed by atoms with Gasteiger partial charge in [-0.1, -0.05) is 11.3 Å². The standard InChI is InChI=1S/C17H21N5O3/c1-12-3-2-4-17(24)21(12)8-6-16(23)20-7-5-15-14(10-20)22-13(11-25-15)9-18-19-22/h2-4,9,14-15H,5-8,10-11H2,1H3/t14-,15+/m1/s1. The zero-order chi connectivity index (χ0) is 17.4. The summed E-state index contributed by atoms with van der Waals surface area (Å²) >= 11 is 0. The Kier molecular flexibility index (Phi) is 4.12. The van der Waals surface area contributed by atoms with Crippen molar-refractivity contribution < 1.29 is 9.53 Å². The van der Waals surface area contributed by atoms with Crippen LogP contribution in [0.3, 0.4) is 0 Å². The number of hydrogen-bond donors (Lipinski definition) is 0. The average molecular weight is 343 g/mol. The highest BCUT2D eigenvalue weighted by atomic mass is 16.5. The van der Waals surface area contributed by atoms with Crippen molar-refractivity contribution in [1.29, 1.82) is 0 Å². The molecule has 0 radical (unpaired) electrons. The Labute approximate surface area is 145 Å². The molecule has 0 N–H and O–H groups in total. The van der Waals surface area contributed by atoms with E-state index in [9.17, 15) is 9.59 Å². The maximum atomic E-state index is 12.6. The fourth-order valence-electron chi connectivity index (χ4n) is 3.68. The van der Waals surface area contributed by atoms with E-state index in [0.717, 1.165) is 17.8 Å². The molecule has 25 heavy (non-hydrogen) atoms. The van der Waals surface area contributed by atoms with Gasteiger partial charge < -0.3 is 14.2 Å². The highest BCUT2D eigenvalue weighted by Gasteiger charge is 2.37. The number of nitrogens with zero attached hydrogens (tertiary/aromatic N) is 5. The van der Waals surface area contributed by atoms with Crippen LogP contribution in [0.1, 0.15) is 30.3 Å². The van der Waals surface area contributed by atoms with E-state index in [1.54, 1.807) is 16.8 Å². The summed E-state index contributed by atoms with van der Waals surface area (Å²) < 4.78 is 9.40. The first-order chi connectivity index (χ1) is 12.1. The normalized spacial score (nSPS) is 22.4. The number of rotatable bonds is 3. The van der Waals surface area contributed by atoms with Crippen LogP contribution in [0.2, 0.25) is 0 Å². The number of hydrogen-bond acceptors (Lipinski definition) is 5. The predicted octanol–water partition coefficient (Wildman–Crippen LogP) is 0.511. The largest absolute Gasteiger partial charge is 0.370 e. The van der Waals surface area contributed by atoms with E-state index < -0.39 is 0 Å². The molecule has 2 aromatic heterocycles. The molecule has 0 aliphatic carbocycles. The smallest absolute Gasteiger partial charge is 0.250 e. The van der Waals surface area contributed by atoms with E-state index in [-0.39, 0.29) is 23.6 Å². The van der Waals surface area contributed by atoms with Gasteiger partial charge in [-0.15, -0.1) is 5.10 Å². The Morgan fingerprint density at radius 2 is 2.28 bits per heavy atom. The molecule has 2 aliphatic heterocycles. The minimum absolute atomic E-state index is 0.0186. The van der Waals surface area contributed by atoms with Gasteiger partial charge in [-0.25, -0.2) is 4.68 Å². The number of carbonyl (C=O) groups excluding carboxylic acids is 1. The van der Waals surface area contributed by atoms with Crippen LogP contribution < -0.4 is 5.56 Å². The van der Waals surface area contributed by atoms with Crippen LogP contribution in [-0.2, 0) is 22.7 Å². The minimum Gasteiger partial charge on any atom is -0.370 e. The lowest BCUT2D eigenvalue weighted by Gasteiger charge is -2.41. The lowest BCUT2D eigenvalue weighted by atomic mass is 10.00. The second-order valence-corrected chi connectivity index (χ2v) is 6.62. The third kappa shape index (κ3) is 2.97. The molecule has 0 aromatic carbocycles. The van der Waals surface area contributed by atoms with E-state index in [2.05, 4.69) is 10.3 Å². The van der Waals surface area contributed by atoms with Crippen LogP contribution in [-0.4, -0.2) is 49.6 Å². The third-order valence-corrected chi connectivity index (χ3v) is 5.10. The van der Waals surface area contributed by atoms with Crippen molar-refractivity contribution in [3.05, 3.63) is 46.1 Å². The molecule has 1 saturated heterocycles. The number of pyridine rings is 1. The zero-order valence-electron chi connectivity index (χ0n) is 14.2. The number of amides is 1. The molecule has 1 amide bonds. The van der Waals surface area contributed by atoms with Crippen molar-refractivity contribution in [1.82, 2.24) is 24.5 Å². The quantitative estimate of drug-likeness (QED) is 0.811. The van der Waals surface area contributed by atoms with Crippen molar-refractivity contribution in [2.24, 2.45) is 0 Å². The van der Waals surface area contributed by atoms with E-state index in [4.69, 9.17) is 4.74 Å². The number of carbonyl (C=O) groups is 1. The van der Waals surface area contributed by atoms with Gasteiger partial charge in [-0.05, 0) is 19.4 Å². The minimum atomic E-state index is -0.0700. The summed E-state index contributed by atoms with van der Waals surface area (Å²) in [7, 11) is 0. The van der Waals surface area contributed by atoms with E-state index in [0.29, 0.717) is 32.7 Å². The molecule has 0 bridgehead atoms. The number of ether oxygens (including phenoxy) is 1. The third-order valence-electron chi connectivity index (χ3n) is 5.10. The van der Waals surface area contributed by atoms with Gasteiger partial charge in [0, 0.05) is 37.8 Å². The topological polar surface area (TPSA) is 82.2 Å². The van der Waals surface area contributed by atoms with Crippen LogP contribution in [0.4, 0.5) is 0 Å². The Hall–Kier alpha value is -2.48. The number of piperidine rings is 1. The van der Waals surface area contributed by atoms with Gasteiger partial charge in [0.1, 0.15) is 0 Å². The van der Waals surface area contributed by atoms with Crippen molar-refractivity contribution >= 4 is 5.91 Å². The molecule has 0 spiro atoms. The summed E-state index contributed by atoms with van der Waals surface area (Å²) in [6.45, 7) is 4.05. The van der Waals surface area contributed by atoms with Gasteiger partial charge in [-0.3, -0.25) is 9.59 Å². The van der Waals surface area contributed by atoms with Gasteiger partial charge in [-0.2, -0.15) is 0 Å². The molecule has 4 heterocycles. The zero-order valence-corrected chi connectivity index (χ0v) is 14.2. The van der Waals surface area contributed by atoms with Crippen LogP contribution >= 0.6 is 0 Å². The van der Waals surface area contributed by atoms with Gasteiger partial charge in [0.15, 0.2) is 0 Å². The number of aromatic nitrogens is 4. The summed E-state index contributed by atoms with van der Waals surface area (Å²) in [6, 6.07) is 5.15. The first-order valence-electron chi connectivity index (χ1n) is 8.58. The van der Waals surface area contributed by atoms with Crippen LogP contribution in [0.25, 0.3) is 0 Å². The molecule has 2 aliphatic rings. The van der Waals surface area contributed by atoms with Crippen LogP contribution in [0.15, 0.2) is 29.2 Å². The number of fused-ring (bicyclic) bond motifs is 3. The maximum absolute atomic E-state index is 12.6. The molecule has 8 nitrogen and oxygen atoms in total. The fourth-order valence-corrected chi connectivity index (χ4v) is 3.68. The summed E-state index contributed by atoms with van der Waals surface area (Å²) in [5.74, 6) is 0.0563. The molecule has 132 valence electrons. The molecule has 0 saturated carbocycles. The molecule has 1 fully saturated rings.